The summed E-state index contributed by atoms with van der Waals surface area (Å²) in [5.41, 5.74) is 0. The number of rotatable bonds is 2. The molecule has 0 amide bonds. The Balaban J connectivity index is 2.24. The van der Waals surface area contributed by atoms with Gasteiger partial charge in [-0.05, 0) is 51.0 Å². The predicted molar refractivity (Wildman–Crippen MR) is 69.3 cm³/mol. The average Bonchev–Trinajstić information content (AvgIpc) is 2.26. The Morgan fingerprint density at radius 3 is 1.50 bits per heavy atom. The molecule has 0 aromatic rings. The molecule has 0 aliphatic heterocycles. The highest BCUT2D eigenvalue weighted by Crippen LogP contribution is 2.68. The van der Waals surface area contributed by atoms with E-state index >= 15 is 0 Å². The van der Waals surface area contributed by atoms with Crippen LogP contribution in [-0.4, -0.2) is 22.0 Å². The standard InChI is InChI=1S/C12H22S2/c1-11(13-3)9-7-5-6-8-10(9)12(11,2)14-4/h9-10H,5-8H2,1-4H3. The summed E-state index contributed by atoms with van der Waals surface area (Å²) < 4.78 is 1.08. The summed E-state index contributed by atoms with van der Waals surface area (Å²) in [4.78, 5) is 0. The van der Waals surface area contributed by atoms with Gasteiger partial charge in [-0.3, -0.25) is 0 Å². The van der Waals surface area contributed by atoms with Crippen molar-refractivity contribution in [1.82, 2.24) is 0 Å². The van der Waals surface area contributed by atoms with Crippen LogP contribution in [0, 0.1) is 11.8 Å². The average molecular weight is 230 g/mol. The van der Waals surface area contributed by atoms with E-state index in [1.807, 2.05) is 0 Å². The van der Waals surface area contributed by atoms with E-state index in [1.165, 1.54) is 25.7 Å². The summed E-state index contributed by atoms with van der Waals surface area (Å²) in [5, 5.41) is 0. The summed E-state index contributed by atoms with van der Waals surface area (Å²) >= 11 is 4.22. The summed E-state index contributed by atoms with van der Waals surface area (Å²) in [5.74, 6) is 2.01. The summed E-state index contributed by atoms with van der Waals surface area (Å²) in [6.07, 6.45) is 10.5. The lowest BCUT2D eigenvalue weighted by Crippen LogP contribution is -2.69. The Morgan fingerprint density at radius 1 is 0.857 bits per heavy atom. The van der Waals surface area contributed by atoms with E-state index in [-0.39, 0.29) is 0 Å². The minimum absolute atomic E-state index is 0.539. The first-order chi connectivity index (χ1) is 6.60. The largest absolute Gasteiger partial charge is 0.157 e. The van der Waals surface area contributed by atoms with Crippen molar-refractivity contribution in [2.45, 2.75) is 49.0 Å². The summed E-state index contributed by atoms with van der Waals surface area (Å²) in [7, 11) is 0. The number of fused-ring (bicyclic) bond motifs is 1. The fourth-order valence-electron chi connectivity index (χ4n) is 3.80. The molecular formula is C12H22S2. The maximum absolute atomic E-state index is 2.50. The molecule has 0 radical (unpaired) electrons. The van der Waals surface area contributed by atoms with Gasteiger partial charge in [0.05, 0.1) is 0 Å². The van der Waals surface area contributed by atoms with Crippen LogP contribution >= 0.6 is 23.5 Å². The Bertz CT molecular complexity index is 204. The van der Waals surface area contributed by atoms with Gasteiger partial charge in [-0.25, -0.2) is 0 Å². The van der Waals surface area contributed by atoms with Gasteiger partial charge in [0.25, 0.3) is 0 Å². The molecule has 0 saturated heterocycles. The van der Waals surface area contributed by atoms with Gasteiger partial charge in [-0.15, -0.1) is 0 Å². The summed E-state index contributed by atoms with van der Waals surface area (Å²) in [6.45, 7) is 5.00. The van der Waals surface area contributed by atoms with Crippen molar-refractivity contribution in [1.29, 1.82) is 0 Å². The lowest BCUT2D eigenvalue weighted by atomic mass is 9.52. The van der Waals surface area contributed by atoms with Gasteiger partial charge in [-0.1, -0.05) is 12.8 Å². The van der Waals surface area contributed by atoms with Crippen molar-refractivity contribution in [2.24, 2.45) is 11.8 Å². The van der Waals surface area contributed by atoms with E-state index in [0.717, 1.165) is 11.8 Å². The highest BCUT2D eigenvalue weighted by Gasteiger charge is 2.66. The molecule has 0 aromatic carbocycles. The molecule has 4 unspecified atom stereocenters. The van der Waals surface area contributed by atoms with Crippen molar-refractivity contribution in [2.75, 3.05) is 12.5 Å². The van der Waals surface area contributed by atoms with Crippen LogP contribution in [0.2, 0.25) is 0 Å². The van der Waals surface area contributed by atoms with Crippen LogP contribution in [0.5, 0.6) is 0 Å². The molecule has 2 fully saturated rings. The van der Waals surface area contributed by atoms with Crippen LogP contribution in [0.25, 0.3) is 0 Å². The third kappa shape index (κ3) is 1.16. The van der Waals surface area contributed by atoms with Gasteiger partial charge in [0.2, 0.25) is 0 Å². The van der Waals surface area contributed by atoms with E-state index in [0.29, 0.717) is 9.49 Å². The minimum Gasteiger partial charge on any atom is -0.157 e. The second-order valence-electron chi connectivity index (χ2n) is 5.12. The molecule has 0 aromatic heterocycles. The zero-order valence-electron chi connectivity index (χ0n) is 9.80. The molecule has 14 heavy (non-hydrogen) atoms. The minimum atomic E-state index is 0.539. The molecule has 2 aliphatic carbocycles. The molecule has 2 rings (SSSR count). The van der Waals surface area contributed by atoms with Gasteiger partial charge in [0, 0.05) is 9.49 Å². The van der Waals surface area contributed by atoms with Crippen molar-refractivity contribution in [3.8, 4) is 0 Å². The third-order valence-corrected chi connectivity index (χ3v) is 8.29. The molecule has 2 heteroatoms. The molecule has 82 valence electrons. The fraction of sp³-hybridized carbons (Fsp3) is 1.00. The van der Waals surface area contributed by atoms with Gasteiger partial charge < -0.3 is 0 Å². The molecule has 2 saturated carbocycles. The van der Waals surface area contributed by atoms with E-state index < -0.39 is 0 Å². The van der Waals surface area contributed by atoms with Gasteiger partial charge in [-0.2, -0.15) is 23.5 Å². The molecule has 0 bridgehead atoms. The van der Waals surface area contributed by atoms with E-state index in [9.17, 15) is 0 Å². The molecule has 2 aliphatic rings. The SMILES string of the molecule is CSC1(C)C2CCCCC2C1(C)SC. The maximum atomic E-state index is 2.50. The highest BCUT2D eigenvalue weighted by molar-refractivity contribution is 8.04. The van der Waals surface area contributed by atoms with Gasteiger partial charge >= 0.3 is 0 Å². The van der Waals surface area contributed by atoms with Crippen LogP contribution in [0.3, 0.4) is 0 Å². The quantitative estimate of drug-likeness (QED) is 0.702. The zero-order valence-corrected chi connectivity index (χ0v) is 11.4. The monoisotopic (exact) mass is 230 g/mol. The number of thioether (sulfide) groups is 2. The first-order valence-corrected chi connectivity index (χ1v) is 8.15. The Hall–Kier alpha value is 0.700. The van der Waals surface area contributed by atoms with E-state index in [2.05, 4.69) is 49.9 Å². The normalized spacial score (nSPS) is 52.3. The number of hydrogen-bond donors (Lipinski definition) is 0. The predicted octanol–water partition coefficient (Wildman–Crippen LogP) is 4.05. The second kappa shape index (κ2) is 3.62. The van der Waals surface area contributed by atoms with Crippen LogP contribution in [-0.2, 0) is 0 Å². The Kier molecular flexibility index (Phi) is 2.90. The van der Waals surface area contributed by atoms with Crippen molar-refractivity contribution < 1.29 is 0 Å². The third-order valence-electron chi connectivity index (χ3n) is 5.01. The topological polar surface area (TPSA) is 0 Å². The van der Waals surface area contributed by atoms with Crippen LogP contribution in [0.4, 0.5) is 0 Å². The van der Waals surface area contributed by atoms with Crippen molar-refractivity contribution in [3.63, 3.8) is 0 Å². The first-order valence-electron chi connectivity index (χ1n) is 5.70. The smallest absolute Gasteiger partial charge is 0.0307 e. The molecule has 0 spiro atoms. The molecule has 0 nitrogen and oxygen atoms in total. The van der Waals surface area contributed by atoms with Crippen LogP contribution < -0.4 is 0 Å². The molecule has 4 atom stereocenters. The first kappa shape index (κ1) is 11.2. The Morgan fingerprint density at radius 2 is 1.21 bits per heavy atom. The highest BCUT2D eigenvalue weighted by atomic mass is 32.2. The van der Waals surface area contributed by atoms with Gasteiger partial charge in [0.15, 0.2) is 0 Å². The fourth-order valence-corrected chi connectivity index (χ4v) is 6.58. The van der Waals surface area contributed by atoms with Crippen molar-refractivity contribution in [3.05, 3.63) is 0 Å². The molecule has 0 N–H and O–H groups in total. The van der Waals surface area contributed by atoms with Crippen LogP contribution in [0.15, 0.2) is 0 Å². The van der Waals surface area contributed by atoms with E-state index in [1.54, 1.807) is 0 Å². The van der Waals surface area contributed by atoms with Gasteiger partial charge in [0.1, 0.15) is 0 Å². The summed E-state index contributed by atoms with van der Waals surface area (Å²) in [6, 6.07) is 0. The maximum Gasteiger partial charge on any atom is 0.0307 e. The van der Waals surface area contributed by atoms with E-state index in [4.69, 9.17) is 0 Å². The Labute approximate surface area is 97.0 Å². The number of hydrogen-bond acceptors (Lipinski definition) is 2. The lowest BCUT2D eigenvalue weighted by Gasteiger charge is -2.68. The zero-order chi connectivity index (χ0) is 10.4. The second-order valence-corrected chi connectivity index (χ2v) is 7.63. The molecular weight excluding hydrogens is 208 g/mol. The van der Waals surface area contributed by atoms with Crippen LogP contribution in [0.1, 0.15) is 39.5 Å². The van der Waals surface area contributed by atoms with Crippen molar-refractivity contribution >= 4 is 23.5 Å². The molecule has 0 heterocycles. The lowest BCUT2D eigenvalue weighted by molar-refractivity contribution is 0.0237.